The lowest BCUT2D eigenvalue weighted by Crippen LogP contribution is -2.66. The first-order chi connectivity index (χ1) is 17.5. The number of carbonyl (C=O) groups excluding carboxylic acids is 2. The van der Waals surface area contributed by atoms with Gasteiger partial charge in [0, 0.05) is 12.6 Å². The quantitative estimate of drug-likeness (QED) is 0.177. The van der Waals surface area contributed by atoms with E-state index in [4.69, 9.17) is 21.9 Å². The van der Waals surface area contributed by atoms with Crippen molar-refractivity contribution in [2.45, 2.75) is 94.5 Å². The van der Waals surface area contributed by atoms with Crippen LogP contribution in [0.3, 0.4) is 0 Å². The van der Waals surface area contributed by atoms with Gasteiger partial charge in [-0.15, -0.1) is 0 Å². The minimum atomic E-state index is -0.664. The highest BCUT2D eigenvalue weighted by Crippen LogP contribution is 2.64. The van der Waals surface area contributed by atoms with Gasteiger partial charge in [-0.2, -0.15) is 5.26 Å². The minimum absolute atomic E-state index is 0.0513. The van der Waals surface area contributed by atoms with E-state index < -0.39 is 11.6 Å². The largest absolute Gasteiger partial charge is 0.458 e. The van der Waals surface area contributed by atoms with Crippen molar-refractivity contribution in [3.8, 4) is 6.07 Å². The molecule has 0 spiro atoms. The van der Waals surface area contributed by atoms with E-state index in [1.165, 1.54) is 0 Å². The molecule has 1 heterocycles. The molecule has 10 heteroatoms. The van der Waals surface area contributed by atoms with Crippen molar-refractivity contribution in [2.24, 2.45) is 51.3 Å². The van der Waals surface area contributed by atoms with Crippen molar-refractivity contribution in [1.82, 2.24) is 9.80 Å². The fourth-order valence-corrected chi connectivity index (χ4v) is 8.85. The molecule has 10 nitrogen and oxygen atoms in total. The molecule has 5 aliphatic carbocycles. The second-order valence-corrected chi connectivity index (χ2v) is 13.0. The summed E-state index contributed by atoms with van der Waals surface area (Å²) in [5.41, 5.74) is 16.8. The van der Waals surface area contributed by atoms with Crippen molar-refractivity contribution in [3.63, 3.8) is 0 Å². The molecule has 8 unspecified atom stereocenters. The summed E-state index contributed by atoms with van der Waals surface area (Å²) in [7, 11) is 3.77. The van der Waals surface area contributed by atoms with E-state index >= 15 is 0 Å². The van der Waals surface area contributed by atoms with Gasteiger partial charge in [-0.1, -0.05) is 6.92 Å². The number of carbonyl (C=O) groups is 2. The number of hydrogen-bond acceptors (Lipinski definition) is 7. The monoisotopic (exact) mass is 513 g/mol. The fourth-order valence-electron chi connectivity index (χ4n) is 8.85. The summed E-state index contributed by atoms with van der Waals surface area (Å²) < 4.78 is 6.42. The van der Waals surface area contributed by atoms with Gasteiger partial charge in [0.05, 0.1) is 12.1 Å². The highest BCUT2D eigenvalue weighted by atomic mass is 16.6. The molecule has 4 bridgehead atoms. The maximum atomic E-state index is 13.8. The molecular weight excluding hydrogens is 470 g/mol. The van der Waals surface area contributed by atoms with Crippen LogP contribution in [0.2, 0.25) is 0 Å². The molecule has 6 fully saturated rings. The Labute approximate surface area is 219 Å². The molecule has 204 valence electrons. The number of nitrogens with two attached hydrogens (primary N) is 3. The minimum Gasteiger partial charge on any atom is -0.458 e. The number of piperidine rings is 1. The summed E-state index contributed by atoms with van der Waals surface area (Å²) in [6, 6.07) is 1.08. The second-order valence-electron chi connectivity index (χ2n) is 13.0. The van der Waals surface area contributed by atoms with Gasteiger partial charge in [0.15, 0.2) is 5.96 Å². The molecule has 0 radical (unpaired) electrons. The average Bonchev–Trinajstić information content (AvgIpc) is 3.25. The van der Waals surface area contributed by atoms with Crippen LogP contribution in [0.15, 0.2) is 4.99 Å². The number of nitrogens with zero attached hydrogens (tertiary/aromatic N) is 4. The number of likely N-dealkylation sites (tertiary alicyclic amines) is 1. The van der Waals surface area contributed by atoms with Gasteiger partial charge in [0.25, 0.3) is 0 Å². The molecule has 0 aromatic heterocycles. The van der Waals surface area contributed by atoms with E-state index in [0.29, 0.717) is 49.5 Å². The van der Waals surface area contributed by atoms with Gasteiger partial charge in [-0.3, -0.25) is 19.5 Å². The first kappa shape index (κ1) is 26.2. The zero-order valence-electron chi connectivity index (χ0n) is 22.4. The van der Waals surface area contributed by atoms with Gasteiger partial charge >= 0.3 is 5.97 Å². The second kappa shape index (κ2) is 9.42. The van der Waals surface area contributed by atoms with E-state index in [2.05, 4.69) is 18.0 Å². The highest BCUT2D eigenvalue weighted by Gasteiger charge is 2.65. The van der Waals surface area contributed by atoms with Crippen LogP contribution >= 0.6 is 0 Å². The van der Waals surface area contributed by atoms with Crippen LogP contribution in [0.25, 0.3) is 0 Å². The van der Waals surface area contributed by atoms with Crippen LogP contribution in [0, 0.1) is 40.4 Å². The Morgan fingerprint density at radius 2 is 1.86 bits per heavy atom. The number of nitriles is 1. The maximum Gasteiger partial charge on any atom is 0.323 e. The lowest BCUT2D eigenvalue weighted by atomic mass is 9.46. The highest BCUT2D eigenvalue weighted by molar-refractivity contribution is 5.85. The number of likely N-dealkylation sites (N-methyl/N-ethyl adjacent to an activating group) is 1. The smallest absolute Gasteiger partial charge is 0.323 e. The lowest BCUT2D eigenvalue weighted by molar-refractivity contribution is -0.209. The first-order valence-electron chi connectivity index (χ1n) is 13.9. The Hall–Kier alpha value is -2.38. The standard InChI is InChI=1S/C27H43N7O3/c1-15-19-8-18(13-28)34(21(15)19)23(35)22(29)26-9-16-7-17(10-26)12-27(11-16,14-26)37-24(36)20(33(2)3)5-4-6-32-25(30)31/h15-22H,4-12,14,29H2,1-3H3,(H4,30,31,32). The van der Waals surface area contributed by atoms with E-state index in [1.54, 1.807) is 0 Å². The predicted molar refractivity (Wildman–Crippen MR) is 139 cm³/mol. The van der Waals surface area contributed by atoms with Gasteiger partial charge in [-0.05, 0) is 101 Å². The Morgan fingerprint density at radius 1 is 1.19 bits per heavy atom. The number of fused-ring (bicyclic) bond motifs is 1. The Kier molecular flexibility index (Phi) is 6.68. The number of esters is 1. The van der Waals surface area contributed by atoms with Crippen molar-refractivity contribution >= 4 is 17.8 Å². The van der Waals surface area contributed by atoms with E-state index in [9.17, 15) is 14.9 Å². The van der Waals surface area contributed by atoms with Crippen LogP contribution in [0.1, 0.15) is 64.7 Å². The summed E-state index contributed by atoms with van der Waals surface area (Å²) >= 11 is 0. The average molecular weight is 514 g/mol. The third kappa shape index (κ3) is 4.59. The number of amides is 1. The van der Waals surface area contributed by atoms with E-state index in [-0.39, 0.29) is 41.4 Å². The Balaban J connectivity index is 1.31. The van der Waals surface area contributed by atoms with Crippen LogP contribution in [-0.4, -0.2) is 78.0 Å². The molecule has 37 heavy (non-hydrogen) atoms. The van der Waals surface area contributed by atoms with Crippen LogP contribution < -0.4 is 17.2 Å². The SMILES string of the molecule is CC1C2CC(C#N)N(C(=O)C(N)C34CC5CC(CC(OC(=O)C(CCCN=C(N)N)N(C)C)(C5)C3)C4)C12. The molecule has 6 aliphatic rings. The molecule has 5 saturated carbocycles. The van der Waals surface area contributed by atoms with Crippen molar-refractivity contribution in [2.75, 3.05) is 20.6 Å². The molecule has 1 amide bonds. The third-order valence-corrected chi connectivity index (χ3v) is 10.2. The number of hydrogen-bond donors (Lipinski definition) is 3. The summed E-state index contributed by atoms with van der Waals surface area (Å²) in [5.74, 6) is 1.45. The van der Waals surface area contributed by atoms with E-state index in [0.717, 1.165) is 38.5 Å². The van der Waals surface area contributed by atoms with E-state index in [1.807, 2.05) is 23.9 Å². The maximum absolute atomic E-state index is 13.8. The fraction of sp³-hybridized carbons (Fsp3) is 0.852. The topological polar surface area (TPSA) is 164 Å². The van der Waals surface area contributed by atoms with Crippen LogP contribution in [0.4, 0.5) is 0 Å². The first-order valence-corrected chi connectivity index (χ1v) is 13.9. The van der Waals surface area contributed by atoms with Crippen LogP contribution in [0.5, 0.6) is 0 Å². The molecular formula is C27H43N7O3. The number of guanidine groups is 1. The van der Waals surface area contributed by atoms with Gasteiger partial charge in [0.1, 0.15) is 17.7 Å². The zero-order valence-corrected chi connectivity index (χ0v) is 22.4. The number of rotatable bonds is 9. The van der Waals surface area contributed by atoms with Gasteiger partial charge in [-0.25, -0.2) is 0 Å². The summed E-state index contributed by atoms with van der Waals surface area (Å²) in [6.07, 6.45) is 7.28. The normalized spacial score (nSPS) is 40.6. The molecule has 1 saturated heterocycles. The summed E-state index contributed by atoms with van der Waals surface area (Å²) in [5, 5.41) is 9.70. The third-order valence-electron chi connectivity index (χ3n) is 10.2. The molecule has 6 rings (SSSR count). The lowest BCUT2D eigenvalue weighted by Gasteiger charge is -2.62. The predicted octanol–water partition coefficient (Wildman–Crippen LogP) is 0.939. The van der Waals surface area contributed by atoms with Gasteiger partial charge < -0.3 is 26.8 Å². The molecule has 0 aromatic carbocycles. The molecule has 1 aliphatic heterocycles. The number of ether oxygens (including phenoxy) is 1. The van der Waals surface area contributed by atoms with Crippen molar-refractivity contribution < 1.29 is 14.3 Å². The molecule has 6 N–H and O–H groups in total. The number of aliphatic imine (C=N–C) groups is 1. The summed E-state index contributed by atoms with van der Waals surface area (Å²) in [4.78, 5) is 35.1. The molecule has 8 atom stereocenters. The summed E-state index contributed by atoms with van der Waals surface area (Å²) in [6.45, 7) is 2.63. The van der Waals surface area contributed by atoms with Crippen molar-refractivity contribution in [1.29, 1.82) is 5.26 Å². The molecule has 0 aromatic rings. The Bertz CT molecular complexity index is 988. The Morgan fingerprint density at radius 3 is 2.46 bits per heavy atom. The zero-order chi connectivity index (χ0) is 26.7. The van der Waals surface area contributed by atoms with Crippen LogP contribution in [-0.2, 0) is 14.3 Å². The van der Waals surface area contributed by atoms with Gasteiger partial charge in [0.2, 0.25) is 5.91 Å². The van der Waals surface area contributed by atoms with Crippen molar-refractivity contribution in [3.05, 3.63) is 0 Å².